The second kappa shape index (κ2) is 3.83. The second-order valence-corrected chi connectivity index (χ2v) is 3.75. The minimum absolute atomic E-state index is 0.639. The quantitative estimate of drug-likeness (QED) is 0.754. The van der Waals surface area contributed by atoms with E-state index in [0.717, 1.165) is 18.0 Å². The standard InChI is InChI=1S/C10H15N3/c1-8(10-2-3-10)13-6-9-4-11-7-12-5-9/h4-5,7-8,10,13H,2-3,6H2,1H3. The van der Waals surface area contributed by atoms with Crippen LogP contribution in [0.25, 0.3) is 0 Å². The lowest BCUT2D eigenvalue weighted by Crippen LogP contribution is -2.27. The molecular weight excluding hydrogens is 162 g/mol. The van der Waals surface area contributed by atoms with Crippen LogP contribution in [0.2, 0.25) is 0 Å². The van der Waals surface area contributed by atoms with Gasteiger partial charge in [0.25, 0.3) is 0 Å². The molecule has 1 saturated carbocycles. The van der Waals surface area contributed by atoms with Crippen LogP contribution in [0.3, 0.4) is 0 Å². The zero-order chi connectivity index (χ0) is 9.10. The van der Waals surface area contributed by atoms with Crippen molar-refractivity contribution in [2.24, 2.45) is 5.92 Å². The Bertz CT molecular complexity index is 256. The van der Waals surface area contributed by atoms with Crippen molar-refractivity contribution in [3.8, 4) is 0 Å². The molecule has 0 spiro atoms. The molecule has 2 rings (SSSR count). The highest BCUT2D eigenvalue weighted by molar-refractivity contribution is 5.02. The average Bonchev–Trinajstić information content (AvgIpc) is 2.99. The van der Waals surface area contributed by atoms with Gasteiger partial charge in [-0.2, -0.15) is 0 Å². The molecule has 70 valence electrons. The Hall–Kier alpha value is -0.960. The molecule has 0 amide bonds. The van der Waals surface area contributed by atoms with Crippen molar-refractivity contribution in [2.45, 2.75) is 32.4 Å². The maximum absolute atomic E-state index is 3.97. The molecule has 1 aliphatic rings. The molecule has 1 heterocycles. The lowest BCUT2D eigenvalue weighted by molar-refractivity contribution is 0.495. The minimum Gasteiger partial charge on any atom is -0.310 e. The summed E-state index contributed by atoms with van der Waals surface area (Å²) < 4.78 is 0. The van der Waals surface area contributed by atoms with Crippen molar-refractivity contribution in [3.05, 3.63) is 24.3 Å². The number of nitrogens with one attached hydrogen (secondary N) is 1. The Morgan fingerprint density at radius 2 is 2.15 bits per heavy atom. The molecule has 0 aliphatic heterocycles. The number of hydrogen-bond donors (Lipinski definition) is 1. The van der Waals surface area contributed by atoms with Gasteiger partial charge in [0.2, 0.25) is 0 Å². The van der Waals surface area contributed by atoms with Crippen molar-refractivity contribution >= 4 is 0 Å². The third-order valence-electron chi connectivity index (χ3n) is 2.57. The normalized spacial score (nSPS) is 18.5. The van der Waals surface area contributed by atoms with E-state index in [1.807, 2.05) is 12.4 Å². The summed E-state index contributed by atoms with van der Waals surface area (Å²) in [5.41, 5.74) is 1.16. The largest absolute Gasteiger partial charge is 0.310 e. The summed E-state index contributed by atoms with van der Waals surface area (Å²) in [6.07, 6.45) is 8.06. The van der Waals surface area contributed by atoms with E-state index in [1.54, 1.807) is 6.33 Å². The van der Waals surface area contributed by atoms with Crippen LogP contribution in [0.15, 0.2) is 18.7 Å². The van der Waals surface area contributed by atoms with E-state index in [9.17, 15) is 0 Å². The van der Waals surface area contributed by atoms with Gasteiger partial charge in [-0.25, -0.2) is 9.97 Å². The highest BCUT2D eigenvalue weighted by atomic mass is 14.9. The van der Waals surface area contributed by atoms with Gasteiger partial charge in [0.15, 0.2) is 0 Å². The van der Waals surface area contributed by atoms with Crippen molar-refractivity contribution in [2.75, 3.05) is 0 Å². The minimum atomic E-state index is 0.639. The summed E-state index contributed by atoms with van der Waals surface area (Å²) in [5.74, 6) is 0.907. The summed E-state index contributed by atoms with van der Waals surface area (Å²) in [5, 5.41) is 3.48. The summed E-state index contributed by atoms with van der Waals surface area (Å²) in [4.78, 5) is 7.94. The number of nitrogens with zero attached hydrogens (tertiary/aromatic N) is 2. The van der Waals surface area contributed by atoms with Gasteiger partial charge in [-0.3, -0.25) is 0 Å². The van der Waals surface area contributed by atoms with E-state index in [4.69, 9.17) is 0 Å². The zero-order valence-electron chi connectivity index (χ0n) is 7.90. The van der Waals surface area contributed by atoms with Crippen LogP contribution < -0.4 is 5.32 Å². The monoisotopic (exact) mass is 177 g/mol. The fourth-order valence-corrected chi connectivity index (χ4v) is 1.46. The van der Waals surface area contributed by atoms with Crippen LogP contribution in [-0.4, -0.2) is 16.0 Å². The molecule has 1 aliphatic carbocycles. The third-order valence-corrected chi connectivity index (χ3v) is 2.57. The van der Waals surface area contributed by atoms with Crippen LogP contribution in [0.5, 0.6) is 0 Å². The van der Waals surface area contributed by atoms with Crippen molar-refractivity contribution in [1.82, 2.24) is 15.3 Å². The van der Waals surface area contributed by atoms with E-state index >= 15 is 0 Å². The van der Waals surface area contributed by atoms with E-state index in [0.29, 0.717) is 6.04 Å². The van der Waals surface area contributed by atoms with Crippen LogP contribution >= 0.6 is 0 Å². The molecule has 0 bridgehead atoms. The topological polar surface area (TPSA) is 37.8 Å². The van der Waals surface area contributed by atoms with Crippen LogP contribution in [0.1, 0.15) is 25.3 Å². The molecule has 1 aromatic heterocycles. The summed E-state index contributed by atoms with van der Waals surface area (Å²) in [7, 11) is 0. The fourth-order valence-electron chi connectivity index (χ4n) is 1.46. The van der Waals surface area contributed by atoms with Gasteiger partial charge in [0.1, 0.15) is 6.33 Å². The van der Waals surface area contributed by atoms with Crippen LogP contribution in [-0.2, 0) is 6.54 Å². The number of rotatable bonds is 4. The second-order valence-electron chi connectivity index (χ2n) is 3.75. The Morgan fingerprint density at radius 3 is 2.77 bits per heavy atom. The molecule has 1 fully saturated rings. The highest BCUT2D eigenvalue weighted by Gasteiger charge is 2.27. The average molecular weight is 177 g/mol. The van der Waals surface area contributed by atoms with Crippen molar-refractivity contribution in [1.29, 1.82) is 0 Å². The van der Waals surface area contributed by atoms with Gasteiger partial charge < -0.3 is 5.32 Å². The highest BCUT2D eigenvalue weighted by Crippen LogP contribution is 2.32. The number of aromatic nitrogens is 2. The predicted molar refractivity (Wildman–Crippen MR) is 51.1 cm³/mol. The molecule has 0 aromatic carbocycles. The SMILES string of the molecule is CC(NCc1cncnc1)C1CC1. The van der Waals surface area contributed by atoms with E-state index < -0.39 is 0 Å². The van der Waals surface area contributed by atoms with Gasteiger partial charge in [-0.05, 0) is 25.7 Å². The Kier molecular flexibility index (Phi) is 2.54. The Balaban J connectivity index is 1.78. The zero-order valence-corrected chi connectivity index (χ0v) is 7.90. The van der Waals surface area contributed by atoms with Crippen LogP contribution in [0.4, 0.5) is 0 Å². The van der Waals surface area contributed by atoms with Gasteiger partial charge in [-0.15, -0.1) is 0 Å². The summed E-state index contributed by atoms with van der Waals surface area (Å²) in [6.45, 7) is 3.14. The Labute approximate surface area is 78.6 Å². The maximum atomic E-state index is 3.97. The maximum Gasteiger partial charge on any atom is 0.115 e. The fraction of sp³-hybridized carbons (Fsp3) is 0.600. The summed E-state index contributed by atoms with van der Waals surface area (Å²) >= 11 is 0. The van der Waals surface area contributed by atoms with E-state index in [-0.39, 0.29) is 0 Å². The molecule has 1 aromatic rings. The Morgan fingerprint density at radius 1 is 1.46 bits per heavy atom. The lowest BCUT2D eigenvalue weighted by atomic mass is 10.2. The molecule has 13 heavy (non-hydrogen) atoms. The number of hydrogen-bond acceptors (Lipinski definition) is 3. The van der Waals surface area contributed by atoms with E-state index in [2.05, 4.69) is 22.2 Å². The molecule has 3 heteroatoms. The molecular formula is C10H15N3. The van der Waals surface area contributed by atoms with Crippen molar-refractivity contribution < 1.29 is 0 Å². The molecule has 0 radical (unpaired) electrons. The molecule has 1 N–H and O–H groups in total. The third kappa shape index (κ3) is 2.49. The summed E-state index contributed by atoms with van der Waals surface area (Å²) in [6, 6.07) is 0.639. The first-order valence-corrected chi connectivity index (χ1v) is 4.83. The lowest BCUT2D eigenvalue weighted by Gasteiger charge is -2.11. The molecule has 3 nitrogen and oxygen atoms in total. The molecule has 0 saturated heterocycles. The first kappa shape index (κ1) is 8.63. The molecule has 1 atom stereocenters. The smallest absolute Gasteiger partial charge is 0.115 e. The van der Waals surface area contributed by atoms with Gasteiger partial charge in [-0.1, -0.05) is 0 Å². The first-order chi connectivity index (χ1) is 6.36. The van der Waals surface area contributed by atoms with Gasteiger partial charge in [0.05, 0.1) is 0 Å². The first-order valence-electron chi connectivity index (χ1n) is 4.83. The van der Waals surface area contributed by atoms with Crippen LogP contribution in [0, 0.1) is 5.92 Å². The van der Waals surface area contributed by atoms with E-state index in [1.165, 1.54) is 12.8 Å². The van der Waals surface area contributed by atoms with Gasteiger partial charge in [0, 0.05) is 30.5 Å². The predicted octanol–water partition coefficient (Wildman–Crippen LogP) is 1.36. The molecule has 1 unspecified atom stereocenters. The van der Waals surface area contributed by atoms with Crippen molar-refractivity contribution in [3.63, 3.8) is 0 Å². The van der Waals surface area contributed by atoms with Gasteiger partial charge >= 0.3 is 0 Å².